The molecule has 1 saturated carbocycles. The number of carbonyl (C=O) groups is 2. The number of rotatable bonds is 5. The lowest BCUT2D eigenvalue weighted by molar-refractivity contribution is -0.124. The smallest absolute Gasteiger partial charge is 0.262 e. The van der Waals surface area contributed by atoms with Crippen LogP contribution in [0.5, 0.6) is 0 Å². The predicted molar refractivity (Wildman–Crippen MR) is 80.8 cm³/mol. The van der Waals surface area contributed by atoms with Crippen LogP contribution < -0.4 is 10.6 Å². The van der Waals surface area contributed by atoms with Crippen molar-refractivity contribution in [2.75, 3.05) is 0 Å². The predicted octanol–water partition coefficient (Wildman–Crippen LogP) is 2.56. The lowest BCUT2D eigenvalue weighted by Gasteiger charge is -2.23. The molecular formula is C15H22N2O2S. The van der Waals surface area contributed by atoms with Crippen LogP contribution in [0, 0.1) is 5.92 Å². The van der Waals surface area contributed by atoms with Crippen molar-refractivity contribution in [2.24, 2.45) is 5.92 Å². The Morgan fingerprint density at radius 2 is 2.00 bits per heavy atom. The van der Waals surface area contributed by atoms with E-state index < -0.39 is 6.04 Å². The van der Waals surface area contributed by atoms with Gasteiger partial charge in [-0.3, -0.25) is 9.59 Å². The van der Waals surface area contributed by atoms with Gasteiger partial charge in [0.25, 0.3) is 5.91 Å². The molecule has 5 heteroatoms. The fourth-order valence-corrected chi connectivity index (χ4v) is 3.14. The molecule has 2 amide bonds. The van der Waals surface area contributed by atoms with Crippen LogP contribution >= 0.6 is 11.3 Å². The summed E-state index contributed by atoms with van der Waals surface area (Å²) in [6.07, 6.45) is 4.46. The van der Waals surface area contributed by atoms with Crippen molar-refractivity contribution < 1.29 is 9.59 Å². The van der Waals surface area contributed by atoms with E-state index in [4.69, 9.17) is 0 Å². The van der Waals surface area contributed by atoms with Crippen molar-refractivity contribution in [1.29, 1.82) is 0 Å². The Morgan fingerprint density at radius 3 is 2.55 bits per heavy atom. The fraction of sp³-hybridized carbons (Fsp3) is 0.600. The van der Waals surface area contributed by atoms with Crippen LogP contribution in [0.3, 0.4) is 0 Å². The Bertz CT molecular complexity index is 450. The van der Waals surface area contributed by atoms with Gasteiger partial charge in [-0.25, -0.2) is 0 Å². The minimum absolute atomic E-state index is 0.0585. The minimum Gasteiger partial charge on any atom is -0.352 e. The highest BCUT2D eigenvalue weighted by molar-refractivity contribution is 7.12. The summed E-state index contributed by atoms with van der Waals surface area (Å²) in [5, 5.41) is 7.77. The van der Waals surface area contributed by atoms with Crippen molar-refractivity contribution in [2.45, 2.75) is 51.6 Å². The molecule has 2 N–H and O–H groups in total. The molecule has 1 aromatic heterocycles. The zero-order valence-electron chi connectivity index (χ0n) is 12.0. The third-order valence-electron chi connectivity index (χ3n) is 3.68. The molecule has 0 bridgehead atoms. The Hall–Kier alpha value is -1.36. The Labute approximate surface area is 124 Å². The van der Waals surface area contributed by atoms with Gasteiger partial charge in [0.05, 0.1) is 4.88 Å². The molecule has 1 aromatic rings. The van der Waals surface area contributed by atoms with E-state index in [9.17, 15) is 9.59 Å². The number of nitrogens with one attached hydrogen (secondary N) is 2. The van der Waals surface area contributed by atoms with E-state index in [0.29, 0.717) is 4.88 Å². The van der Waals surface area contributed by atoms with E-state index in [2.05, 4.69) is 10.6 Å². The van der Waals surface area contributed by atoms with Crippen LogP contribution in [0.2, 0.25) is 0 Å². The minimum atomic E-state index is -0.467. The fourth-order valence-electron chi connectivity index (χ4n) is 2.52. The molecule has 1 aliphatic carbocycles. The normalized spacial score (nSPS) is 17.1. The molecule has 110 valence electrons. The Kier molecular flexibility index (Phi) is 5.17. The van der Waals surface area contributed by atoms with Gasteiger partial charge in [0, 0.05) is 6.04 Å². The average molecular weight is 294 g/mol. The summed E-state index contributed by atoms with van der Waals surface area (Å²) in [6, 6.07) is 3.42. The molecule has 0 radical (unpaired) electrons. The van der Waals surface area contributed by atoms with Crippen molar-refractivity contribution in [3.05, 3.63) is 22.4 Å². The summed E-state index contributed by atoms with van der Waals surface area (Å²) in [4.78, 5) is 25.0. The third kappa shape index (κ3) is 3.82. The Morgan fingerprint density at radius 1 is 1.30 bits per heavy atom. The first-order valence-electron chi connectivity index (χ1n) is 7.22. The second kappa shape index (κ2) is 6.88. The van der Waals surface area contributed by atoms with E-state index in [0.717, 1.165) is 12.8 Å². The van der Waals surface area contributed by atoms with E-state index in [1.165, 1.54) is 24.2 Å². The van der Waals surface area contributed by atoms with Crippen molar-refractivity contribution in [1.82, 2.24) is 10.6 Å². The lowest BCUT2D eigenvalue weighted by atomic mass is 10.0. The molecule has 0 aliphatic heterocycles. The highest BCUT2D eigenvalue weighted by Crippen LogP contribution is 2.18. The molecule has 1 unspecified atom stereocenters. The standard InChI is InChI=1S/C15H22N2O2S/c1-10(2)13(15(19)16-11-6-3-4-7-11)17-14(18)12-8-5-9-20-12/h5,8-11,13H,3-4,6-7H2,1-2H3,(H,16,19)(H,17,18). The van der Waals surface area contributed by atoms with Gasteiger partial charge in [-0.2, -0.15) is 0 Å². The van der Waals surface area contributed by atoms with Gasteiger partial charge in [0.2, 0.25) is 5.91 Å². The summed E-state index contributed by atoms with van der Waals surface area (Å²) >= 11 is 1.39. The molecule has 0 saturated heterocycles. The molecule has 1 heterocycles. The van der Waals surface area contributed by atoms with Crippen LogP contribution in [0.4, 0.5) is 0 Å². The quantitative estimate of drug-likeness (QED) is 0.877. The van der Waals surface area contributed by atoms with Gasteiger partial charge in [0.15, 0.2) is 0 Å². The summed E-state index contributed by atoms with van der Waals surface area (Å²) in [6.45, 7) is 3.90. The largest absolute Gasteiger partial charge is 0.352 e. The van der Waals surface area contributed by atoms with Gasteiger partial charge in [-0.15, -0.1) is 11.3 Å². The SMILES string of the molecule is CC(C)C(NC(=O)c1cccs1)C(=O)NC1CCCC1. The van der Waals surface area contributed by atoms with Gasteiger partial charge in [-0.05, 0) is 30.2 Å². The van der Waals surface area contributed by atoms with Gasteiger partial charge < -0.3 is 10.6 Å². The van der Waals surface area contributed by atoms with Gasteiger partial charge in [-0.1, -0.05) is 32.8 Å². The Balaban J connectivity index is 1.95. The zero-order valence-corrected chi connectivity index (χ0v) is 12.8. The van der Waals surface area contributed by atoms with Gasteiger partial charge in [0.1, 0.15) is 6.04 Å². The molecule has 20 heavy (non-hydrogen) atoms. The number of thiophene rings is 1. The first-order chi connectivity index (χ1) is 9.58. The maximum atomic E-state index is 12.3. The van der Waals surface area contributed by atoms with Crippen LogP contribution in [0.15, 0.2) is 17.5 Å². The molecule has 0 aromatic carbocycles. The van der Waals surface area contributed by atoms with Crippen LogP contribution in [0.1, 0.15) is 49.2 Å². The first kappa shape index (κ1) is 15.0. The number of hydrogen-bond acceptors (Lipinski definition) is 3. The lowest BCUT2D eigenvalue weighted by Crippen LogP contribution is -2.51. The van der Waals surface area contributed by atoms with Crippen molar-refractivity contribution in [3.63, 3.8) is 0 Å². The molecule has 1 atom stereocenters. The number of amides is 2. The molecule has 1 aliphatic rings. The van der Waals surface area contributed by atoms with Crippen LogP contribution in [0.25, 0.3) is 0 Å². The van der Waals surface area contributed by atoms with E-state index in [-0.39, 0.29) is 23.8 Å². The number of carbonyl (C=O) groups excluding carboxylic acids is 2. The summed E-state index contributed by atoms with van der Waals surface area (Å²) in [7, 11) is 0. The molecule has 4 nitrogen and oxygen atoms in total. The molecular weight excluding hydrogens is 272 g/mol. The van der Waals surface area contributed by atoms with Crippen molar-refractivity contribution >= 4 is 23.2 Å². The average Bonchev–Trinajstić information content (AvgIpc) is 3.07. The monoisotopic (exact) mass is 294 g/mol. The van der Waals surface area contributed by atoms with Gasteiger partial charge >= 0.3 is 0 Å². The highest BCUT2D eigenvalue weighted by atomic mass is 32.1. The second-order valence-electron chi connectivity index (χ2n) is 5.66. The highest BCUT2D eigenvalue weighted by Gasteiger charge is 2.27. The molecule has 0 spiro atoms. The zero-order chi connectivity index (χ0) is 14.5. The maximum absolute atomic E-state index is 12.3. The summed E-state index contributed by atoms with van der Waals surface area (Å²) in [5.41, 5.74) is 0. The van der Waals surface area contributed by atoms with Crippen LogP contribution in [-0.2, 0) is 4.79 Å². The molecule has 2 rings (SSSR count). The van der Waals surface area contributed by atoms with E-state index in [1.807, 2.05) is 25.3 Å². The topological polar surface area (TPSA) is 58.2 Å². The third-order valence-corrected chi connectivity index (χ3v) is 4.55. The van der Waals surface area contributed by atoms with E-state index >= 15 is 0 Å². The first-order valence-corrected chi connectivity index (χ1v) is 8.10. The maximum Gasteiger partial charge on any atom is 0.262 e. The summed E-state index contributed by atoms with van der Waals surface area (Å²) < 4.78 is 0. The van der Waals surface area contributed by atoms with Crippen LogP contribution in [-0.4, -0.2) is 23.9 Å². The number of hydrogen-bond donors (Lipinski definition) is 2. The van der Waals surface area contributed by atoms with E-state index in [1.54, 1.807) is 6.07 Å². The van der Waals surface area contributed by atoms with Crippen molar-refractivity contribution in [3.8, 4) is 0 Å². The molecule has 1 fully saturated rings. The second-order valence-corrected chi connectivity index (χ2v) is 6.61. The summed E-state index contributed by atoms with van der Waals surface area (Å²) in [5.74, 6) is -0.155.